The fourth-order valence-corrected chi connectivity index (χ4v) is 2.53. The van der Waals surface area contributed by atoms with Crippen molar-refractivity contribution in [1.29, 1.82) is 0 Å². The summed E-state index contributed by atoms with van der Waals surface area (Å²) in [6, 6.07) is 3.95. The standard InChI is InChI=1S/C14H22N4O/c1-17(2)10-12-4-3-7-18(12)14(19)13-6-5-11(8-15)9-16-13/h5-6,9,12H,3-4,7-8,10,15H2,1-2H3. The zero-order chi connectivity index (χ0) is 13.8. The van der Waals surface area contributed by atoms with Crippen LogP contribution >= 0.6 is 0 Å². The van der Waals surface area contributed by atoms with E-state index in [2.05, 4.69) is 9.88 Å². The average Bonchev–Trinajstić information content (AvgIpc) is 2.85. The van der Waals surface area contributed by atoms with E-state index >= 15 is 0 Å². The lowest BCUT2D eigenvalue weighted by molar-refractivity contribution is 0.0710. The molecule has 0 aromatic carbocycles. The SMILES string of the molecule is CN(C)CC1CCCN1C(=O)c1ccc(CN)cn1. The van der Waals surface area contributed by atoms with E-state index in [1.54, 1.807) is 12.3 Å². The van der Waals surface area contributed by atoms with E-state index in [1.807, 2.05) is 25.1 Å². The van der Waals surface area contributed by atoms with Crippen LogP contribution in [0.2, 0.25) is 0 Å². The number of nitrogens with two attached hydrogens (primary N) is 1. The molecule has 1 aliphatic rings. The number of nitrogens with zero attached hydrogens (tertiary/aromatic N) is 3. The lowest BCUT2D eigenvalue weighted by Gasteiger charge is -2.26. The molecule has 1 aromatic heterocycles. The van der Waals surface area contributed by atoms with Crippen molar-refractivity contribution in [1.82, 2.24) is 14.8 Å². The summed E-state index contributed by atoms with van der Waals surface area (Å²) in [5.74, 6) is 0.0351. The fraction of sp³-hybridized carbons (Fsp3) is 0.571. The number of hydrogen-bond acceptors (Lipinski definition) is 4. The van der Waals surface area contributed by atoms with Gasteiger partial charge in [0.1, 0.15) is 5.69 Å². The first-order valence-corrected chi connectivity index (χ1v) is 6.72. The molecule has 1 unspecified atom stereocenters. The second-order valence-electron chi connectivity index (χ2n) is 5.31. The molecule has 5 nitrogen and oxygen atoms in total. The van der Waals surface area contributed by atoms with E-state index in [1.165, 1.54) is 0 Å². The number of carbonyl (C=O) groups is 1. The predicted octanol–water partition coefficient (Wildman–Crippen LogP) is 0.707. The first kappa shape index (κ1) is 14.0. The third-order valence-corrected chi connectivity index (χ3v) is 3.49. The Kier molecular flexibility index (Phi) is 4.50. The largest absolute Gasteiger partial charge is 0.333 e. The number of aromatic nitrogens is 1. The van der Waals surface area contributed by atoms with Gasteiger partial charge in [0, 0.05) is 31.9 Å². The fourth-order valence-electron chi connectivity index (χ4n) is 2.53. The molecule has 0 radical (unpaired) electrons. The van der Waals surface area contributed by atoms with Gasteiger partial charge in [-0.2, -0.15) is 0 Å². The predicted molar refractivity (Wildman–Crippen MR) is 74.7 cm³/mol. The van der Waals surface area contributed by atoms with E-state index in [9.17, 15) is 4.79 Å². The molecular formula is C14H22N4O. The molecule has 19 heavy (non-hydrogen) atoms. The maximum atomic E-state index is 12.5. The molecule has 1 atom stereocenters. The quantitative estimate of drug-likeness (QED) is 0.868. The van der Waals surface area contributed by atoms with Crippen molar-refractivity contribution in [3.05, 3.63) is 29.6 Å². The number of pyridine rings is 1. The Hall–Kier alpha value is -1.46. The average molecular weight is 262 g/mol. The van der Waals surface area contributed by atoms with Crippen LogP contribution in [0.4, 0.5) is 0 Å². The number of likely N-dealkylation sites (N-methyl/N-ethyl adjacent to an activating group) is 1. The highest BCUT2D eigenvalue weighted by Crippen LogP contribution is 2.20. The summed E-state index contributed by atoms with van der Waals surface area (Å²) >= 11 is 0. The van der Waals surface area contributed by atoms with Crippen molar-refractivity contribution in [2.75, 3.05) is 27.2 Å². The van der Waals surface area contributed by atoms with Crippen molar-refractivity contribution >= 4 is 5.91 Å². The van der Waals surface area contributed by atoms with Crippen molar-refractivity contribution in [2.24, 2.45) is 5.73 Å². The zero-order valence-electron chi connectivity index (χ0n) is 11.7. The maximum absolute atomic E-state index is 12.5. The van der Waals surface area contributed by atoms with Gasteiger partial charge >= 0.3 is 0 Å². The summed E-state index contributed by atoms with van der Waals surface area (Å²) in [6.07, 6.45) is 3.83. The van der Waals surface area contributed by atoms with Crippen LogP contribution in [-0.4, -0.2) is 53.9 Å². The molecular weight excluding hydrogens is 240 g/mol. The zero-order valence-corrected chi connectivity index (χ0v) is 11.7. The minimum absolute atomic E-state index is 0.0351. The molecule has 1 aliphatic heterocycles. The van der Waals surface area contributed by atoms with Gasteiger partial charge < -0.3 is 15.5 Å². The maximum Gasteiger partial charge on any atom is 0.272 e. The monoisotopic (exact) mass is 262 g/mol. The Balaban J connectivity index is 2.09. The first-order valence-electron chi connectivity index (χ1n) is 6.72. The van der Waals surface area contributed by atoms with Gasteiger partial charge in [0.25, 0.3) is 5.91 Å². The summed E-state index contributed by atoms with van der Waals surface area (Å²) in [6.45, 7) is 2.19. The lowest BCUT2D eigenvalue weighted by atomic mass is 10.2. The van der Waals surface area contributed by atoms with Gasteiger partial charge in [-0.3, -0.25) is 9.78 Å². The van der Waals surface area contributed by atoms with Gasteiger partial charge in [-0.1, -0.05) is 6.07 Å². The summed E-state index contributed by atoms with van der Waals surface area (Å²) in [5.41, 5.74) is 7.00. The number of likely N-dealkylation sites (tertiary alicyclic amines) is 1. The highest BCUT2D eigenvalue weighted by Gasteiger charge is 2.30. The van der Waals surface area contributed by atoms with E-state index in [4.69, 9.17) is 5.73 Å². The Morgan fingerprint density at radius 3 is 2.89 bits per heavy atom. The van der Waals surface area contributed by atoms with E-state index in [0.29, 0.717) is 18.3 Å². The Labute approximate surface area is 114 Å². The van der Waals surface area contributed by atoms with Crippen LogP contribution < -0.4 is 5.73 Å². The van der Waals surface area contributed by atoms with Crippen LogP contribution in [0.15, 0.2) is 18.3 Å². The number of carbonyl (C=O) groups excluding carboxylic acids is 1. The van der Waals surface area contributed by atoms with E-state index < -0.39 is 0 Å². The third kappa shape index (κ3) is 3.30. The second kappa shape index (κ2) is 6.12. The number of rotatable bonds is 4. The van der Waals surface area contributed by atoms with Crippen LogP contribution in [0.1, 0.15) is 28.9 Å². The topological polar surface area (TPSA) is 62.5 Å². The normalized spacial score (nSPS) is 19.2. The van der Waals surface area contributed by atoms with Gasteiger partial charge in [0.05, 0.1) is 0 Å². The highest BCUT2D eigenvalue weighted by molar-refractivity contribution is 5.92. The Morgan fingerprint density at radius 2 is 2.32 bits per heavy atom. The van der Waals surface area contributed by atoms with Gasteiger partial charge in [-0.05, 0) is 38.6 Å². The van der Waals surface area contributed by atoms with Crippen molar-refractivity contribution in [2.45, 2.75) is 25.4 Å². The molecule has 1 saturated heterocycles. The molecule has 1 fully saturated rings. The molecule has 0 saturated carbocycles. The molecule has 0 aliphatic carbocycles. The van der Waals surface area contributed by atoms with Crippen LogP contribution in [0, 0.1) is 0 Å². The second-order valence-corrected chi connectivity index (χ2v) is 5.31. The van der Waals surface area contributed by atoms with E-state index in [0.717, 1.165) is 31.5 Å². The van der Waals surface area contributed by atoms with Crippen LogP contribution in [0.25, 0.3) is 0 Å². The third-order valence-electron chi connectivity index (χ3n) is 3.49. The van der Waals surface area contributed by atoms with Crippen LogP contribution in [-0.2, 0) is 6.54 Å². The Bertz CT molecular complexity index is 430. The summed E-state index contributed by atoms with van der Waals surface area (Å²) in [5, 5.41) is 0. The lowest BCUT2D eigenvalue weighted by Crippen LogP contribution is -2.41. The molecule has 104 valence electrons. The number of hydrogen-bond donors (Lipinski definition) is 1. The summed E-state index contributed by atoms with van der Waals surface area (Å²) in [7, 11) is 4.07. The van der Waals surface area contributed by atoms with Crippen molar-refractivity contribution in [3.8, 4) is 0 Å². The van der Waals surface area contributed by atoms with Crippen molar-refractivity contribution < 1.29 is 4.79 Å². The molecule has 0 spiro atoms. The van der Waals surface area contributed by atoms with Gasteiger partial charge in [-0.15, -0.1) is 0 Å². The molecule has 2 rings (SSSR count). The smallest absolute Gasteiger partial charge is 0.272 e. The van der Waals surface area contributed by atoms with Crippen LogP contribution in [0.3, 0.4) is 0 Å². The first-order chi connectivity index (χ1) is 9.11. The van der Waals surface area contributed by atoms with E-state index in [-0.39, 0.29) is 5.91 Å². The highest BCUT2D eigenvalue weighted by atomic mass is 16.2. The number of amides is 1. The molecule has 2 heterocycles. The molecule has 0 bridgehead atoms. The summed E-state index contributed by atoms with van der Waals surface area (Å²) in [4.78, 5) is 20.8. The molecule has 5 heteroatoms. The molecule has 1 aromatic rings. The summed E-state index contributed by atoms with van der Waals surface area (Å²) < 4.78 is 0. The van der Waals surface area contributed by atoms with Gasteiger partial charge in [0.15, 0.2) is 0 Å². The van der Waals surface area contributed by atoms with Gasteiger partial charge in [-0.25, -0.2) is 0 Å². The minimum atomic E-state index is 0.0351. The van der Waals surface area contributed by atoms with Gasteiger partial charge in [0.2, 0.25) is 0 Å². The minimum Gasteiger partial charge on any atom is -0.333 e. The van der Waals surface area contributed by atoms with Crippen LogP contribution in [0.5, 0.6) is 0 Å². The van der Waals surface area contributed by atoms with Crippen molar-refractivity contribution in [3.63, 3.8) is 0 Å². The molecule has 1 amide bonds. The Morgan fingerprint density at radius 1 is 1.53 bits per heavy atom. The molecule has 2 N–H and O–H groups in total.